The fourth-order valence-corrected chi connectivity index (χ4v) is 5.09. The van der Waals surface area contributed by atoms with Crippen LogP contribution in [0.25, 0.3) is 0 Å². The van der Waals surface area contributed by atoms with Crippen molar-refractivity contribution in [2.75, 3.05) is 46.9 Å². The number of ether oxygens (including phenoxy) is 2. The molecule has 9 heteroatoms. The summed E-state index contributed by atoms with van der Waals surface area (Å²) in [5.41, 5.74) is 0.286. The molecular weight excluding hydrogens is 460 g/mol. The Morgan fingerprint density at radius 1 is 1.00 bits per heavy atom. The Morgan fingerprint density at radius 2 is 1.78 bits per heavy atom. The minimum absolute atomic E-state index is 0.0242. The predicted molar refractivity (Wildman–Crippen MR) is 134 cm³/mol. The van der Waals surface area contributed by atoms with Crippen molar-refractivity contribution in [1.29, 1.82) is 0 Å². The third kappa shape index (κ3) is 5.45. The number of hydrogen-bond acceptors (Lipinski definition) is 6. The fourth-order valence-electron chi connectivity index (χ4n) is 5.09. The zero-order valence-corrected chi connectivity index (χ0v) is 21.0. The van der Waals surface area contributed by atoms with Crippen LogP contribution in [0.5, 0.6) is 11.6 Å². The maximum absolute atomic E-state index is 13.4. The van der Waals surface area contributed by atoms with Gasteiger partial charge in [0.05, 0.1) is 24.6 Å². The number of hydrogen-bond donors (Lipinski definition) is 1. The molecule has 1 aromatic heterocycles. The van der Waals surface area contributed by atoms with Gasteiger partial charge in [0, 0.05) is 32.7 Å². The normalized spacial score (nSPS) is 18.3. The highest BCUT2D eigenvalue weighted by Gasteiger charge is 2.41. The number of piperidine rings is 1. The van der Waals surface area contributed by atoms with Crippen LogP contribution in [-0.2, 0) is 4.79 Å². The molecule has 192 valence electrons. The molecule has 1 saturated heterocycles. The molecule has 0 saturated carbocycles. The first-order valence-electron chi connectivity index (χ1n) is 12.5. The number of benzene rings is 1. The number of nitrogens with zero attached hydrogens (tertiary/aromatic N) is 3. The van der Waals surface area contributed by atoms with E-state index in [0.29, 0.717) is 68.3 Å². The third-order valence-electron chi connectivity index (χ3n) is 7.23. The van der Waals surface area contributed by atoms with Crippen LogP contribution in [0.1, 0.15) is 53.0 Å². The van der Waals surface area contributed by atoms with Crippen LogP contribution in [0.2, 0.25) is 0 Å². The second-order valence-corrected chi connectivity index (χ2v) is 9.31. The van der Waals surface area contributed by atoms with E-state index in [4.69, 9.17) is 9.47 Å². The van der Waals surface area contributed by atoms with E-state index < -0.39 is 5.41 Å². The number of aromatic nitrogens is 1. The number of para-hydroxylation sites is 1. The summed E-state index contributed by atoms with van der Waals surface area (Å²) in [6.45, 7) is 2.13. The maximum atomic E-state index is 13.4. The first-order chi connectivity index (χ1) is 17.5. The van der Waals surface area contributed by atoms with Gasteiger partial charge in [-0.2, -0.15) is 0 Å². The number of carbonyl (C=O) groups is 3. The number of methoxy groups -OCH3 is 1. The molecule has 36 heavy (non-hydrogen) atoms. The second-order valence-electron chi connectivity index (χ2n) is 9.31. The highest BCUT2D eigenvalue weighted by molar-refractivity contribution is 5.97. The van der Waals surface area contributed by atoms with E-state index in [9.17, 15) is 14.4 Å². The molecule has 1 N–H and O–H groups in total. The van der Waals surface area contributed by atoms with Gasteiger partial charge in [0.2, 0.25) is 11.8 Å². The molecule has 4 heterocycles. The van der Waals surface area contributed by atoms with Crippen molar-refractivity contribution in [3.05, 3.63) is 53.7 Å². The van der Waals surface area contributed by atoms with Gasteiger partial charge in [0.1, 0.15) is 18.1 Å². The molecule has 3 aliphatic heterocycles. The van der Waals surface area contributed by atoms with Crippen LogP contribution in [0.4, 0.5) is 0 Å². The first-order valence-corrected chi connectivity index (χ1v) is 12.5. The standard InChI is InChI=1S/C27H34N4O5/c1-28-26(34)27-12-5-6-15-30(25(33)21-9-7-11-23(29-21)35-2)18-19-36-22-10-4-3-8-20(22)24(32)31(16-13-27)17-14-27/h3-4,7-11H,5-6,12-19H2,1-2H3,(H,28,34). The van der Waals surface area contributed by atoms with Gasteiger partial charge in [-0.15, -0.1) is 0 Å². The minimum atomic E-state index is -0.509. The second kappa shape index (κ2) is 11.4. The monoisotopic (exact) mass is 494 g/mol. The summed E-state index contributed by atoms with van der Waals surface area (Å²) in [4.78, 5) is 47.4. The Balaban J connectivity index is 1.60. The van der Waals surface area contributed by atoms with Gasteiger partial charge < -0.3 is 24.6 Å². The summed E-state index contributed by atoms with van der Waals surface area (Å²) in [6, 6.07) is 12.3. The van der Waals surface area contributed by atoms with Gasteiger partial charge in [-0.05, 0) is 43.9 Å². The van der Waals surface area contributed by atoms with Crippen molar-refractivity contribution < 1.29 is 23.9 Å². The van der Waals surface area contributed by atoms with Crippen molar-refractivity contribution in [1.82, 2.24) is 20.1 Å². The molecule has 0 unspecified atom stereocenters. The molecule has 0 spiro atoms. The smallest absolute Gasteiger partial charge is 0.272 e. The SMILES string of the molecule is CNC(=O)C12CCCCN(C(=O)c3cccc(OC)n3)CCOc3ccccc3C(=O)N(CC1)CC2. The molecule has 1 fully saturated rings. The van der Waals surface area contributed by atoms with Crippen LogP contribution >= 0.6 is 0 Å². The van der Waals surface area contributed by atoms with Crippen molar-refractivity contribution in [3.8, 4) is 11.6 Å². The van der Waals surface area contributed by atoms with E-state index in [-0.39, 0.29) is 24.3 Å². The number of nitrogens with one attached hydrogen (secondary N) is 1. The lowest BCUT2D eigenvalue weighted by Gasteiger charge is -2.40. The van der Waals surface area contributed by atoms with Gasteiger partial charge in [0.15, 0.2) is 0 Å². The largest absolute Gasteiger partial charge is 0.491 e. The lowest BCUT2D eigenvalue weighted by molar-refractivity contribution is -0.133. The number of pyridine rings is 1. The highest BCUT2D eigenvalue weighted by atomic mass is 16.5. The Morgan fingerprint density at radius 3 is 2.53 bits per heavy atom. The number of carbonyl (C=O) groups excluding carboxylic acids is 3. The van der Waals surface area contributed by atoms with E-state index in [0.717, 1.165) is 12.8 Å². The molecule has 0 atom stereocenters. The summed E-state index contributed by atoms with van der Waals surface area (Å²) >= 11 is 0. The summed E-state index contributed by atoms with van der Waals surface area (Å²) < 4.78 is 11.2. The zero-order chi connectivity index (χ0) is 25.5. The molecular formula is C27H34N4O5. The molecule has 2 aromatic rings. The Bertz CT molecular complexity index is 1100. The van der Waals surface area contributed by atoms with Crippen molar-refractivity contribution >= 4 is 17.7 Å². The lowest BCUT2D eigenvalue weighted by Crippen LogP contribution is -2.49. The molecule has 0 radical (unpaired) electrons. The summed E-state index contributed by atoms with van der Waals surface area (Å²) in [6.07, 6.45) is 3.46. The van der Waals surface area contributed by atoms with Crippen LogP contribution in [0.3, 0.4) is 0 Å². The van der Waals surface area contributed by atoms with E-state index in [1.165, 1.54) is 7.11 Å². The summed E-state index contributed by atoms with van der Waals surface area (Å²) in [5, 5.41) is 2.83. The topological polar surface area (TPSA) is 101 Å². The number of rotatable bonds is 3. The summed E-state index contributed by atoms with van der Waals surface area (Å²) in [7, 11) is 3.18. The van der Waals surface area contributed by atoms with E-state index >= 15 is 0 Å². The highest BCUT2D eigenvalue weighted by Crippen LogP contribution is 2.38. The molecule has 3 aliphatic rings. The summed E-state index contributed by atoms with van der Waals surface area (Å²) in [5.74, 6) is 0.587. The molecule has 9 nitrogen and oxygen atoms in total. The molecule has 2 bridgehead atoms. The van der Waals surface area contributed by atoms with E-state index in [1.807, 2.05) is 17.0 Å². The van der Waals surface area contributed by atoms with Crippen molar-refractivity contribution in [3.63, 3.8) is 0 Å². The van der Waals surface area contributed by atoms with Crippen LogP contribution in [0.15, 0.2) is 42.5 Å². The maximum Gasteiger partial charge on any atom is 0.272 e. The quantitative estimate of drug-likeness (QED) is 0.704. The minimum Gasteiger partial charge on any atom is -0.491 e. The molecule has 3 amide bonds. The zero-order valence-electron chi connectivity index (χ0n) is 21.0. The predicted octanol–water partition coefficient (Wildman–Crippen LogP) is 2.76. The van der Waals surface area contributed by atoms with Gasteiger partial charge in [-0.25, -0.2) is 4.98 Å². The van der Waals surface area contributed by atoms with E-state index in [1.54, 1.807) is 42.3 Å². The average molecular weight is 495 g/mol. The number of fused-ring (bicyclic) bond motifs is 9. The van der Waals surface area contributed by atoms with Crippen molar-refractivity contribution in [2.45, 2.75) is 32.1 Å². The van der Waals surface area contributed by atoms with Crippen LogP contribution in [0, 0.1) is 5.41 Å². The van der Waals surface area contributed by atoms with Crippen molar-refractivity contribution in [2.24, 2.45) is 5.41 Å². The molecule has 5 rings (SSSR count). The van der Waals surface area contributed by atoms with Gasteiger partial charge in [0.25, 0.3) is 11.8 Å². The Hall–Kier alpha value is -3.62. The van der Waals surface area contributed by atoms with Gasteiger partial charge in [-0.1, -0.05) is 24.6 Å². The number of amides is 3. The fraction of sp³-hybridized carbons (Fsp3) is 0.481. The van der Waals surface area contributed by atoms with Gasteiger partial charge in [-0.3, -0.25) is 14.4 Å². The van der Waals surface area contributed by atoms with E-state index in [2.05, 4.69) is 10.3 Å². The van der Waals surface area contributed by atoms with Gasteiger partial charge >= 0.3 is 0 Å². The van der Waals surface area contributed by atoms with Crippen LogP contribution in [-0.4, -0.2) is 79.4 Å². The van der Waals surface area contributed by atoms with Crippen LogP contribution < -0.4 is 14.8 Å². The molecule has 1 aromatic carbocycles. The Kier molecular flexibility index (Phi) is 8.07. The Labute approximate surface area is 211 Å². The lowest BCUT2D eigenvalue weighted by atomic mass is 9.73. The average Bonchev–Trinajstić information content (AvgIpc) is 2.94. The molecule has 0 aliphatic carbocycles. The first kappa shape index (κ1) is 25.5. The third-order valence-corrected chi connectivity index (χ3v) is 7.23.